The predicted octanol–water partition coefficient (Wildman–Crippen LogP) is 3.65. The smallest absolute Gasteiger partial charge is 0.260 e. The molecule has 7 heteroatoms. The van der Waals surface area contributed by atoms with Crippen LogP contribution in [0.15, 0.2) is 47.4 Å². The summed E-state index contributed by atoms with van der Waals surface area (Å²) >= 11 is 7.32. The predicted molar refractivity (Wildman–Crippen MR) is 97.2 cm³/mol. The van der Waals surface area contributed by atoms with Crippen LogP contribution in [0, 0.1) is 0 Å². The Kier molecular flexibility index (Phi) is 4.87. The van der Waals surface area contributed by atoms with E-state index in [0.29, 0.717) is 21.2 Å². The number of methoxy groups -OCH3 is 1. The second-order valence-corrected chi connectivity index (χ2v) is 6.65. The van der Waals surface area contributed by atoms with Crippen molar-refractivity contribution in [3.8, 4) is 11.5 Å². The van der Waals surface area contributed by atoms with Crippen molar-refractivity contribution in [2.24, 2.45) is 0 Å². The Morgan fingerprint density at radius 1 is 1.33 bits per heavy atom. The molecule has 2 aromatic rings. The number of phenols is 1. The van der Waals surface area contributed by atoms with Gasteiger partial charge in [0.1, 0.15) is 0 Å². The van der Waals surface area contributed by atoms with Crippen molar-refractivity contribution < 1.29 is 14.6 Å². The molecule has 5 nitrogen and oxygen atoms in total. The van der Waals surface area contributed by atoms with Gasteiger partial charge in [0, 0.05) is 10.7 Å². The van der Waals surface area contributed by atoms with E-state index < -0.39 is 0 Å². The van der Waals surface area contributed by atoms with Gasteiger partial charge in [-0.1, -0.05) is 35.5 Å². The van der Waals surface area contributed by atoms with Crippen LogP contribution in [-0.2, 0) is 4.79 Å². The van der Waals surface area contributed by atoms with E-state index in [0.717, 1.165) is 5.69 Å². The maximum atomic E-state index is 12.1. The molecule has 1 aliphatic rings. The monoisotopic (exact) mass is 362 g/mol. The number of amides is 1. The van der Waals surface area contributed by atoms with E-state index in [9.17, 15) is 9.90 Å². The van der Waals surface area contributed by atoms with E-state index in [-0.39, 0.29) is 17.2 Å². The molecule has 1 amide bonds. The first-order chi connectivity index (χ1) is 11.5. The number of rotatable bonds is 4. The zero-order valence-electron chi connectivity index (χ0n) is 12.7. The van der Waals surface area contributed by atoms with E-state index in [1.807, 2.05) is 12.1 Å². The lowest BCUT2D eigenvalue weighted by molar-refractivity contribution is -0.116. The van der Waals surface area contributed by atoms with Crippen LogP contribution in [0.5, 0.6) is 11.5 Å². The van der Waals surface area contributed by atoms with E-state index in [1.54, 1.807) is 36.4 Å². The quantitative estimate of drug-likeness (QED) is 0.724. The molecule has 0 aliphatic carbocycles. The summed E-state index contributed by atoms with van der Waals surface area (Å²) in [7, 11) is 1.49. The Labute approximate surface area is 148 Å². The van der Waals surface area contributed by atoms with Gasteiger partial charge in [-0.2, -0.15) is 0 Å². The maximum absolute atomic E-state index is 12.1. The van der Waals surface area contributed by atoms with Crippen LogP contribution in [0.2, 0.25) is 5.02 Å². The summed E-state index contributed by atoms with van der Waals surface area (Å²) in [6.07, 6.45) is 1.72. The molecule has 124 valence electrons. The molecule has 3 rings (SSSR count). The highest BCUT2D eigenvalue weighted by atomic mass is 35.5. The van der Waals surface area contributed by atoms with E-state index in [2.05, 4.69) is 10.6 Å². The van der Waals surface area contributed by atoms with Gasteiger partial charge in [-0.15, -0.1) is 0 Å². The summed E-state index contributed by atoms with van der Waals surface area (Å²) in [5.41, 5.74) is 1.26. The Balaban J connectivity index is 1.73. The van der Waals surface area contributed by atoms with Crippen LogP contribution in [0.3, 0.4) is 0 Å². The summed E-state index contributed by atoms with van der Waals surface area (Å²) in [6.45, 7) is 0. The second kappa shape index (κ2) is 7.07. The molecule has 1 aliphatic heterocycles. The van der Waals surface area contributed by atoms with Gasteiger partial charge in [0.25, 0.3) is 5.91 Å². The minimum absolute atomic E-state index is 0.0313. The lowest BCUT2D eigenvalue weighted by atomic mass is 10.2. The van der Waals surface area contributed by atoms with Gasteiger partial charge in [0.2, 0.25) is 0 Å². The first-order valence-corrected chi connectivity index (χ1v) is 8.39. The Morgan fingerprint density at radius 2 is 2.17 bits per heavy atom. The molecule has 0 radical (unpaired) electrons. The lowest BCUT2D eigenvalue weighted by Crippen LogP contribution is -2.30. The molecular weight excluding hydrogens is 348 g/mol. The summed E-state index contributed by atoms with van der Waals surface area (Å²) in [5, 5.41) is 16.5. The van der Waals surface area contributed by atoms with Crippen LogP contribution < -0.4 is 15.4 Å². The van der Waals surface area contributed by atoms with Crippen molar-refractivity contribution >= 4 is 41.0 Å². The van der Waals surface area contributed by atoms with Crippen molar-refractivity contribution in [1.29, 1.82) is 0 Å². The minimum Gasteiger partial charge on any atom is -0.504 e. The van der Waals surface area contributed by atoms with Gasteiger partial charge < -0.3 is 20.5 Å². The Morgan fingerprint density at radius 3 is 2.88 bits per heavy atom. The van der Waals surface area contributed by atoms with Crippen molar-refractivity contribution in [2.45, 2.75) is 5.50 Å². The van der Waals surface area contributed by atoms with Crippen molar-refractivity contribution in [3.63, 3.8) is 0 Å². The first kappa shape index (κ1) is 16.5. The highest BCUT2D eigenvalue weighted by molar-refractivity contribution is 8.05. The van der Waals surface area contributed by atoms with E-state index in [4.69, 9.17) is 16.3 Å². The van der Waals surface area contributed by atoms with Crippen molar-refractivity contribution in [1.82, 2.24) is 5.32 Å². The largest absolute Gasteiger partial charge is 0.504 e. The minimum atomic E-state index is -0.283. The fourth-order valence-corrected chi connectivity index (χ4v) is 3.42. The third-order valence-electron chi connectivity index (χ3n) is 3.35. The first-order valence-electron chi connectivity index (χ1n) is 7.13. The van der Waals surface area contributed by atoms with Crippen LogP contribution in [0.1, 0.15) is 5.56 Å². The molecule has 0 aromatic heterocycles. The zero-order chi connectivity index (χ0) is 17.1. The highest BCUT2D eigenvalue weighted by Gasteiger charge is 2.27. The van der Waals surface area contributed by atoms with E-state index >= 15 is 0 Å². The lowest BCUT2D eigenvalue weighted by Gasteiger charge is -2.12. The molecule has 1 atom stereocenters. The average Bonchev–Trinajstić information content (AvgIpc) is 2.87. The topological polar surface area (TPSA) is 70.6 Å². The molecule has 1 heterocycles. The number of anilines is 1. The van der Waals surface area contributed by atoms with Crippen molar-refractivity contribution in [2.75, 3.05) is 12.4 Å². The molecule has 2 aromatic carbocycles. The van der Waals surface area contributed by atoms with Gasteiger partial charge in [-0.25, -0.2) is 0 Å². The number of carbonyl (C=O) groups is 1. The number of phenolic OH excluding ortho intramolecular Hbond substituents is 1. The number of ether oxygens (including phenoxy) is 1. The molecule has 0 bridgehead atoms. The zero-order valence-corrected chi connectivity index (χ0v) is 14.3. The maximum Gasteiger partial charge on any atom is 0.260 e. The molecular formula is C17H15ClN2O3S. The third-order valence-corrected chi connectivity index (χ3v) is 4.62. The van der Waals surface area contributed by atoms with Crippen LogP contribution in [-0.4, -0.2) is 23.6 Å². The molecule has 1 saturated heterocycles. The standard InChI is InChI=1S/C17H15ClN2O3S/c1-23-14-6-5-10(7-13(14)21)8-15-16(22)20-17(24-15)19-12-4-2-3-11(18)9-12/h2-9,17,19,21H,1H3,(H,20,22)/b15-8-. The molecule has 24 heavy (non-hydrogen) atoms. The molecule has 0 saturated carbocycles. The normalized spacial score (nSPS) is 18.5. The molecule has 1 unspecified atom stereocenters. The third kappa shape index (κ3) is 3.77. The number of aromatic hydroxyl groups is 1. The van der Waals surface area contributed by atoms with Gasteiger partial charge in [-0.05, 0) is 42.0 Å². The number of hydrogen-bond donors (Lipinski definition) is 3. The molecule has 0 spiro atoms. The number of halogens is 1. The van der Waals surface area contributed by atoms with Gasteiger partial charge in [0.05, 0.1) is 12.0 Å². The van der Waals surface area contributed by atoms with E-state index in [1.165, 1.54) is 18.9 Å². The second-order valence-electron chi connectivity index (χ2n) is 5.07. The number of benzene rings is 2. The van der Waals surface area contributed by atoms with Crippen molar-refractivity contribution in [3.05, 3.63) is 58.0 Å². The summed E-state index contributed by atoms with van der Waals surface area (Å²) in [6, 6.07) is 12.3. The fraction of sp³-hybridized carbons (Fsp3) is 0.118. The summed E-state index contributed by atoms with van der Waals surface area (Å²) in [4.78, 5) is 12.7. The van der Waals surface area contributed by atoms with Crippen LogP contribution in [0.25, 0.3) is 6.08 Å². The fourth-order valence-electron chi connectivity index (χ4n) is 2.24. The number of hydrogen-bond acceptors (Lipinski definition) is 5. The van der Waals surface area contributed by atoms with Gasteiger partial charge in [0.15, 0.2) is 17.0 Å². The van der Waals surface area contributed by atoms with Crippen LogP contribution in [0.4, 0.5) is 5.69 Å². The van der Waals surface area contributed by atoms with Gasteiger partial charge >= 0.3 is 0 Å². The van der Waals surface area contributed by atoms with Gasteiger partial charge in [-0.3, -0.25) is 4.79 Å². The van der Waals surface area contributed by atoms with Crippen LogP contribution >= 0.6 is 23.4 Å². The average molecular weight is 363 g/mol. The summed E-state index contributed by atoms with van der Waals surface area (Å²) in [5.74, 6) is 0.250. The molecule has 1 fully saturated rings. The number of nitrogens with one attached hydrogen (secondary N) is 2. The Bertz CT molecular complexity index is 810. The SMILES string of the molecule is COc1ccc(/C=C2\SC(Nc3cccc(Cl)c3)NC2=O)cc1O. The Hall–Kier alpha value is -2.31. The summed E-state index contributed by atoms with van der Waals surface area (Å²) < 4.78 is 5.01. The highest BCUT2D eigenvalue weighted by Crippen LogP contribution is 2.32. The number of carbonyl (C=O) groups excluding carboxylic acids is 1. The molecule has 3 N–H and O–H groups in total. The number of thioether (sulfide) groups is 1.